The molecule has 20 heavy (non-hydrogen) atoms. The van der Waals surface area contributed by atoms with Gasteiger partial charge in [0.25, 0.3) is 0 Å². The molecule has 7 heteroatoms. The van der Waals surface area contributed by atoms with Crippen molar-refractivity contribution in [1.29, 1.82) is 0 Å². The molecule has 0 atom stereocenters. The van der Waals surface area contributed by atoms with Crippen molar-refractivity contribution >= 4 is 32.5 Å². The SMILES string of the molecule is Cc1nnc(N(CCBr)CC(F)(F)F)c2ccccc12. The average Bonchev–Trinajstić information content (AvgIpc) is 2.37. The minimum Gasteiger partial charge on any atom is -0.345 e. The van der Waals surface area contributed by atoms with E-state index in [9.17, 15) is 13.2 Å². The maximum atomic E-state index is 12.7. The Morgan fingerprint density at radius 3 is 2.40 bits per heavy atom. The van der Waals surface area contributed by atoms with Crippen LogP contribution in [0.5, 0.6) is 0 Å². The van der Waals surface area contributed by atoms with Crippen LogP contribution in [0.25, 0.3) is 10.8 Å². The molecule has 0 amide bonds. The smallest absolute Gasteiger partial charge is 0.345 e. The third-order valence-electron chi connectivity index (χ3n) is 2.88. The fourth-order valence-corrected chi connectivity index (χ4v) is 2.46. The summed E-state index contributed by atoms with van der Waals surface area (Å²) in [6.07, 6.45) is -4.28. The van der Waals surface area contributed by atoms with E-state index in [2.05, 4.69) is 26.1 Å². The largest absolute Gasteiger partial charge is 0.405 e. The Labute approximate surface area is 122 Å². The summed E-state index contributed by atoms with van der Waals surface area (Å²) >= 11 is 3.18. The standard InChI is InChI=1S/C13H13BrF3N3/c1-9-10-4-2-3-5-11(10)12(19-18-9)20(7-6-14)8-13(15,16)17/h2-5H,6-8H2,1H3. The van der Waals surface area contributed by atoms with Crippen molar-refractivity contribution in [2.45, 2.75) is 13.1 Å². The zero-order valence-electron chi connectivity index (χ0n) is 10.8. The van der Waals surface area contributed by atoms with Crippen LogP contribution < -0.4 is 4.90 Å². The quantitative estimate of drug-likeness (QED) is 0.789. The van der Waals surface area contributed by atoms with Gasteiger partial charge in [0.05, 0.1) is 5.69 Å². The Hall–Kier alpha value is -1.37. The van der Waals surface area contributed by atoms with Gasteiger partial charge in [0.1, 0.15) is 6.54 Å². The Kier molecular flexibility index (Phi) is 4.47. The van der Waals surface area contributed by atoms with E-state index in [0.29, 0.717) is 16.4 Å². The van der Waals surface area contributed by atoms with Crippen molar-refractivity contribution in [3.05, 3.63) is 30.0 Å². The molecule has 1 aromatic heterocycles. The monoisotopic (exact) mass is 347 g/mol. The normalized spacial score (nSPS) is 11.8. The number of benzene rings is 1. The minimum absolute atomic E-state index is 0.210. The second-order valence-corrected chi connectivity index (χ2v) is 5.17. The predicted molar refractivity (Wildman–Crippen MR) is 76.3 cm³/mol. The van der Waals surface area contributed by atoms with Crippen molar-refractivity contribution in [2.75, 3.05) is 23.3 Å². The number of aryl methyl sites for hydroxylation is 1. The molecule has 2 rings (SSSR count). The molecule has 1 aromatic carbocycles. The van der Waals surface area contributed by atoms with Crippen LogP contribution in [0.4, 0.5) is 19.0 Å². The van der Waals surface area contributed by atoms with Gasteiger partial charge < -0.3 is 4.90 Å². The number of alkyl halides is 4. The number of rotatable bonds is 4. The third kappa shape index (κ3) is 3.39. The lowest BCUT2D eigenvalue weighted by atomic mass is 10.1. The van der Waals surface area contributed by atoms with E-state index in [1.54, 1.807) is 19.1 Å². The van der Waals surface area contributed by atoms with E-state index in [1.807, 2.05) is 12.1 Å². The molecule has 108 valence electrons. The minimum atomic E-state index is -4.28. The number of halogens is 4. The van der Waals surface area contributed by atoms with Gasteiger partial charge in [-0.2, -0.15) is 18.3 Å². The molecule has 0 saturated heterocycles. The van der Waals surface area contributed by atoms with E-state index < -0.39 is 12.7 Å². The summed E-state index contributed by atoms with van der Waals surface area (Å²) in [5.41, 5.74) is 0.704. The van der Waals surface area contributed by atoms with Gasteiger partial charge in [0, 0.05) is 22.6 Å². The van der Waals surface area contributed by atoms with Crippen LogP contribution in [0.3, 0.4) is 0 Å². The number of hydrogen-bond donors (Lipinski definition) is 0. The molecular formula is C13H13BrF3N3. The van der Waals surface area contributed by atoms with Gasteiger partial charge in [-0.3, -0.25) is 0 Å². The summed E-state index contributed by atoms with van der Waals surface area (Å²) in [4.78, 5) is 1.20. The molecule has 0 aliphatic rings. The second kappa shape index (κ2) is 5.95. The molecule has 0 fully saturated rings. The summed E-state index contributed by atoms with van der Waals surface area (Å²) in [6.45, 7) is 0.958. The summed E-state index contributed by atoms with van der Waals surface area (Å²) in [7, 11) is 0. The van der Waals surface area contributed by atoms with Crippen LogP contribution in [0.15, 0.2) is 24.3 Å². The molecule has 2 aromatic rings. The van der Waals surface area contributed by atoms with Gasteiger partial charge in [-0.1, -0.05) is 40.2 Å². The topological polar surface area (TPSA) is 29.0 Å². The molecular weight excluding hydrogens is 335 g/mol. The van der Waals surface area contributed by atoms with Gasteiger partial charge >= 0.3 is 6.18 Å². The second-order valence-electron chi connectivity index (χ2n) is 4.38. The molecule has 0 N–H and O–H groups in total. The van der Waals surface area contributed by atoms with E-state index in [0.717, 1.165) is 5.39 Å². The van der Waals surface area contributed by atoms with Crippen molar-refractivity contribution in [3.63, 3.8) is 0 Å². The van der Waals surface area contributed by atoms with Crippen LogP contribution >= 0.6 is 15.9 Å². The molecule has 0 unspecified atom stereocenters. The van der Waals surface area contributed by atoms with Crippen LogP contribution in [-0.2, 0) is 0 Å². The van der Waals surface area contributed by atoms with Crippen LogP contribution in [0, 0.1) is 6.92 Å². The highest BCUT2D eigenvalue weighted by Crippen LogP contribution is 2.28. The fraction of sp³-hybridized carbons (Fsp3) is 0.385. The highest BCUT2D eigenvalue weighted by molar-refractivity contribution is 9.09. The number of anilines is 1. The number of hydrogen-bond acceptors (Lipinski definition) is 3. The first-order valence-corrected chi connectivity index (χ1v) is 7.14. The average molecular weight is 348 g/mol. The molecule has 0 spiro atoms. The van der Waals surface area contributed by atoms with Crippen LogP contribution in [0.1, 0.15) is 5.69 Å². The Morgan fingerprint density at radius 2 is 1.80 bits per heavy atom. The maximum Gasteiger partial charge on any atom is 0.405 e. The lowest BCUT2D eigenvalue weighted by Crippen LogP contribution is -2.36. The van der Waals surface area contributed by atoms with Gasteiger partial charge in [0.15, 0.2) is 5.82 Å². The summed E-state index contributed by atoms with van der Waals surface area (Å²) < 4.78 is 38.1. The number of fused-ring (bicyclic) bond motifs is 1. The third-order valence-corrected chi connectivity index (χ3v) is 3.23. The first kappa shape index (κ1) is 15.0. The van der Waals surface area contributed by atoms with Crippen LogP contribution in [0.2, 0.25) is 0 Å². The van der Waals surface area contributed by atoms with Crippen molar-refractivity contribution in [1.82, 2.24) is 10.2 Å². The Balaban J connectivity index is 2.51. The first-order valence-electron chi connectivity index (χ1n) is 6.02. The summed E-state index contributed by atoms with van der Waals surface area (Å²) in [5, 5.41) is 9.86. The first-order chi connectivity index (χ1) is 9.42. The summed E-state index contributed by atoms with van der Waals surface area (Å²) in [5.74, 6) is 0.267. The fourth-order valence-electron chi connectivity index (χ4n) is 2.04. The molecule has 0 bridgehead atoms. The van der Waals surface area contributed by atoms with E-state index in [1.165, 1.54) is 4.90 Å². The van der Waals surface area contributed by atoms with Gasteiger partial charge in [-0.15, -0.1) is 5.10 Å². The molecule has 0 radical (unpaired) electrons. The van der Waals surface area contributed by atoms with E-state index in [4.69, 9.17) is 0 Å². The Morgan fingerprint density at radius 1 is 1.15 bits per heavy atom. The zero-order chi connectivity index (χ0) is 14.8. The van der Waals surface area contributed by atoms with Gasteiger partial charge in [-0.05, 0) is 6.92 Å². The lowest BCUT2D eigenvalue weighted by Gasteiger charge is -2.25. The number of aromatic nitrogens is 2. The molecule has 1 heterocycles. The molecule has 0 aliphatic heterocycles. The zero-order valence-corrected chi connectivity index (χ0v) is 12.4. The predicted octanol–water partition coefficient (Wildman–Crippen LogP) is 3.70. The number of nitrogens with zero attached hydrogens (tertiary/aromatic N) is 3. The molecule has 3 nitrogen and oxygen atoms in total. The van der Waals surface area contributed by atoms with Crippen molar-refractivity contribution in [3.8, 4) is 0 Å². The van der Waals surface area contributed by atoms with E-state index in [-0.39, 0.29) is 12.4 Å². The Bertz CT molecular complexity index is 601. The maximum absolute atomic E-state index is 12.7. The molecule has 0 saturated carbocycles. The van der Waals surface area contributed by atoms with Gasteiger partial charge in [0.2, 0.25) is 0 Å². The van der Waals surface area contributed by atoms with Crippen LogP contribution in [-0.4, -0.2) is 34.8 Å². The van der Waals surface area contributed by atoms with Crippen molar-refractivity contribution in [2.24, 2.45) is 0 Å². The van der Waals surface area contributed by atoms with Gasteiger partial charge in [-0.25, -0.2) is 0 Å². The molecule has 0 aliphatic carbocycles. The highest BCUT2D eigenvalue weighted by Gasteiger charge is 2.32. The highest BCUT2D eigenvalue weighted by atomic mass is 79.9. The lowest BCUT2D eigenvalue weighted by molar-refractivity contribution is -0.119. The summed E-state index contributed by atoms with van der Waals surface area (Å²) in [6, 6.07) is 7.22. The van der Waals surface area contributed by atoms with E-state index >= 15 is 0 Å². The van der Waals surface area contributed by atoms with Crippen molar-refractivity contribution < 1.29 is 13.2 Å².